The fourth-order valence-corrected chi connectivity index (χ4v) is 5.01. The second-order valence-corrected chi connectivity index (χ2v) is 9.82. The van der Waals surface area contributed by atoms with Crippen molar-refractivity contribution < 1.29 is 14.6 Å². The fraction of sp³-hybridized carbons (Fsp3) is 0.500. The number of aliphatic hydroxyl groups is 1. The number of ether oxygens (including phenoxy) is 1. The van der Waals surface area contributed by atoms with Crippen molar-refractivity contribution in [3.8, 4) is 5.75 Å². The van der Waals surface area contributed by atoms with E-state index >= 15 is 0 Å². The minimum absolute atomic E-state index is 0.0870. The van der Waals surface area contributed by atoms with Crippen molar-refractivity contribution in [2.24, 2.45) is 0 Å². The summed E-state index contributed by atoms with van der Waals surface area (Å²) in [6.07, 6.45) is 3.67. The summed E-state index contributed by atoms with van der Waals surface area (Å²) in [5.74, 6) is 0.906. The van der Waals surface area contributed by atoms with E-state index < -0.39 is 6.10 Å². The Morgan fingerprint density at radius 1 is 1.34 bits per heavy atom. The number of fused-ring (bicyclic) bond motifs is 1. The topological polar surface area (TPSA) is 53.0 Å². The van der Waals surface area contributed by atoms with Crippen molar-refractivity contribution in [1.29, 1.82) is 0 Å². The largest absolute Gasteiger partial charge is 0.491 e. The highest BCUT2D eigenvalue weighted by atomic mass is 32.1. The molecule has 6 heteroatoms. The minimum atomic E-state index is -0.464. The molecule has 174 valence electrons. The van der Waals surface area contributed by atoms with Gasteiger partial charge in [0.1, 0.15) is 12.4 Å². The fourth-order valence-electron chi connectivity index (χ4n) is 4.08. The molecule has 0 fully saturated rings. The molecule has 0 saturated heterocycles. The number of aryl methyl sites for hydroxylation is 1. The normalized spacial score (nSPS) is 16.8. The maximum atomic E-state index is 13.4. The van der Waals surface area contributed by atoms with E-state index in [2.05, 4.69) is 43.7 Å². The van der Waals surface area contributed by atoms with Gasteiger partial charge < -0.3 is 14.7 Å². The molecule has 1 aliphatic heterocycles. The van der Waals surface area contributed by atoms with Gasteiger partial charge in [-0.25, -0.2) is 0 Å². The van der Waals surface area contributed by atoms with E-state index in [4.69, 9.17) is 4.74 Å². The maximum Gasteiger partial charge on any atom is 0.237 e. The SMILES string of the molecule is C=CCCC(O)CN(CC(=O)N1CCc2sccc2C1COc1ccc(C)cc1)C(C)C. The molecule has 1 aromatic carbocycles. The Hall–Kier alpha value is -2.15. The summed E-state index contributed by atoms with van der Waals surface area (Å²) >= 11 is 1.76. The zero-order valence-electron chi connectivity index (χ0n) is 19.5. The van der Waals surface area contributed by atoms with Gasteiger partial charge in [-0.15, -0.1) is 17.9 Å². The van der Waals surface area contributed by atoms with E-state index in [1.165, 1.54) is 16.0 Å². The Morgan fingerprint density at radius 3 is 2.78 bits per heavy atom. The van der Waals surface area contributed by atoms with Crippen LogP contribution in [-0.4, -0.2) is 59.2 Å². The Morgan fingerprint density at radius 2 is 2.09 bits per heavy atom. The highest BCUT2D eigenvalue weighted by Gasteiger charge is 2.33. The monoisotopic (exact) mass is 456 g/mol. The van der Waals surface area contributed by atoms with E-state index in [-0.39, 0.29) is 18.0 Å². The first-order valence-electron chi connectivity index (χ1n) is 11.5. The predicted molar refractivity (Wildman–Crippen MR) is 131 cm³/mol. The zero-order chi connectivity index (χ0) is 23.1. The molecular formula is C26H36N2O3S. The van der Waals surface area contributed by atoms with Gasteiger partial charge in [0.05, 0.1) is 18.7 Å². The standard InChI is InChI=1S/C26H36N2O3S/c1-5-6-7-21(29)16-27(19(2)3)17-26(30)28-14-12-25-23(13-15-32-25)24(28)18-31-22-10-8-20(4)9-11-22/h5,8-11,13,15,19,21,24,29H,1,6-7,12,14,16-18H2,2-4H3. The van der Waals surface area contributed by atoms with Crippen LogP contribution >= 0.6 is 11.3 Å². The molecular weight excluding hydrogens is 420 g/mol. The number of rotatable bonds is 11. The molecule has 32 heavy (non-hydrogen) atoms. The number of nitrogens with zero attached hydrogens (tertiary/aromatic N) is 2. The molecule has 2 aromatic rings. The summed E-state index contributed by atoms with van der Waals surface area (Å²) < 4.78 is 6.12. The second kappa shape index (κ2) is 11.6. The maximum absolute atomic E-state index is 13.4. The van der Waals surface area contributed by atoms with Gasteiger partial charge in [0, 0.05) is 24.0 Å². The average molecular weight is 457 g/mol. The third-order valence-electron chi connectivity index (χ3n) is 6.06. The number of hydrogen-bond acceptors (Lipinski definition) is 5. The van der Waals surface area contributed by atoms with Crippen molar-refractivity contribution in [3.63, 3.8) is 0 Å². The van der Waals surface area contributed by atoms with Crippen LogP contribution in [-0.2, 0) is 11.2 Å². The summed E-state index contributed by atoms with van der Waals surface area (Å²) in [6, 6.07) is 10.2. The molecule has 1 amide bonds. The number of amides is 1. The van der Waals surface area contributed by atoms with Crippen molar-refractivity contribution in [2.75, 3.05) is 26.2 Å². The van der Waals surface area contributed by atoms with Crippen molar-refractivity contribution in [2.45, 2.75) is 58.2 Å². The van der Waals surface area contributed by atoms with Crippen LogP contribution in [0.4, 0.5) is 0 Å². The molecule has 0 radical (unpaired) electrons. The van der Waals surface area contributed by atoms with Crippen LogP contribution < -0.4 is 4.74 Å². The van der Waals surface area contributed by atoms with Crippen LogP contribution in [0.5, 0.6) is 5.75 Å². The lowest BCUT2D eigenvalue weighted by Gasteiger charge is -2.38. The molecule has 5 nitrogen and oxygen atoms in total. The van der Waals surface area contributed by atoms with Crippen LogP contribution in [0, 0.1) is 6.92 Å². The van der Waals surface area contributed by atoms with Crippen molar-refractivity contribution >= 4 is 17.2 Å². The van der Waals surface area contributed by atoms with E-state index in [9.17, 15) is 9.90 Å². The Bertz CT molecular complexity index is 877. The quantitative estimate of drug-likeness (QED) is 0.502. The van der Waals surface area contributed by atoms with Crippen LogP contribution in [0.2, 0.25) is 0 Å². The van der Waals surface area contributed by atoms with Crippen molar-refractivity contribution in [3.05, 3.63) is 64.4 Å². The highest BCUT2D eigenvalue weighted by molar-refractivity contribution is 7.10. The summed E-state index contributed by atoms with van der Waals surface area (Å²) in [5, 5.41) is 12.5. The molecule has 0 saturated carbocycles. The van der Waals surface area contributed by atoms with Crippen molar-refractivity contribution in [1.82, 2.24) is 9.80 Å². The Kier molecular flexibility index (Phi) is 8.91. The molecule has 3 rings (SSSR count). The highest BCUT2D eigenvalue weighted by Crippen LogP contribution is 2.34. The number of aliphatic hydroxyl groups excluding tert-OH is 1. The summed E-state index contributed by atoms with van der Waals surface area (Å²) in [5.41, 5.74) is 2.39. The lowest BCUT2D eigenvalue weighted by Crippen LogP contribution is -2.49. The van der Waals surface area contributed by atoms with Crippen LogP contribution in [0.15, 0.2) is 48.4 Å². The van der Waals surface area contributed by atoms with Gasteiger partial charge in [-0.05, 0) is 69.2 Å². The smallest absolute Gasteiger partial charge is 0.237 e. The molecule has 2 atom stereocenters. The van der Waals surface area contributed by atoms with E-state index in [0.29, 0.717) is 32.7 Å². The number of hydrogen-bond donors (Lipinski definition) is 1. The first-order chi connectivity index (χ1) is 15.4. The Balaban J connectivity index is 1.70. The third-order valence-corrected chi connectivity index (χ3v) is 7.06. The van der Waals surface area contributed by atoms with Gasteiger partial charge in [-0.2, -0.15) is 0 Å². The third kappa shape index (κ3) is 6.44. The molecule has 0 bridgehead atoms. The summed E-state index contributed by atoms with van der Waals surface area (Å²) in [4.78, 5) is 18.8. The number of benzene rings is 1. The van der Waals surface area contributed by atoms with Gasteiger partial charge in [-0.3, -0.25) is 9.69 Å². The number of thiophene rings is 1. The molecule has 0 aliphatic carbocycles. The van der Waals surface area contributed by atoms with Gasteiger partial charge in [0.15, 0.2) is 0 Å². The van der Waals surface area contributed by atoms with E-state index in [1.54, 1.807) is 11.3 Å². The first-order valence-corrected chi connectivity index (χ1v) is 12.3. The van der Waals surface area contributed by atoms with E-state index in [0.717, 1.165) is 18.6 Å². The lowest BCUT2D eigenvalue weighted by molar-refractivity contribution is -0.137. The summed E-state index contributed by atoms with van der Waals surface area (Å²) in [6.45, 7) is 11.8. The number of carbonyl (C=O) groups excluding carboxylic acids is 1. The number of carbonyl (C=O) groups is 1. The van der Waals surface area contributed by atoms with E-state index in [1.807, 2.05) is 35.2 Å². The second-order valence-electron chi connectivity index (χ2n) is 8.82. The van der Waals surface area contributed by atoms with Gasteiger partial charge in [0.2, 0.25) is 5.91 Å². The minimum Gasteiger partial charge on any atom is -0.491 e. The number of allylic oxidation sites excluding steroid dienone is 1. The van der Waals surface area contributed by atoms with Crippen LogP contribution in [0.25, 0.3) is 0 Å². The molecule has 2 heterocycles. The van der Waals surface area contributed by atoms with Gasteiger partial charge >= 0.3 is 0 Å². The average Bonchev–Trinajstić information content (AvgIpc) is 3.25. The van der Waals surface area contributed by atoms with Crippen LogP contribution in [0.1, 0.15) is 48.7 Å². The van der Waals surface area contributed by atoms with Gasteiger partial charge in [0.25, 0.3) is 0 Å². The predicted octanol–water partition coefficient (Wildman–Crippen LogP) is 4.60. The van der Waals surface area contributed by atoms with Crippen LogP contribution in [0.3, 0.4) is 0 Å². The summed E-state index contributed by atoms with van der Waals surface area (Å²) in [7, 11) is 0. The zero-order valence-corrected chi connectivity index (χ0v) is 20.3. The molecule has 1 aliphatic rings. The Labute approximate surface area is 196 Å². The van der Waals surface area contributed by atoms with Gasteiger partial charge in [-0.1, -0.05) is 23.8 Å². The lowest BCUT2D eigenvalue weighted by atomic mass is 10.00. The molecule has 0 spiro atoms. The molecule has 1 aromatic heterocycles. The first kappa shape index (κ1) is 24.5. The molecule has 2 unspecified atom stereocenters. The molecule has 1 N–H and O–H groups in total.